The van der Waals surface area contributed by atoms with Gasteiger partial charge in [-0.2, -0.15) is 0 Å². The summed E-state index contributed by atoms with van der Waals surface area (Å²) in [4.78, 5) is 43.1. The minimum Gasteiger partial charge on any atom is -0.478 e. The minimum atomic E-state index is -1.48. The van der Waals surface area contributed by atoms with Crippen molar-refractivity contribution in [2.24, 2.45) is 16.0 Å². The molecule has 0 saturated carbocycles. The van der Waals surface area contributed by atoms with Gasteiger partial charge in [-0.1, -0.05) is 36.9 Å². The maximum atomic E-state index is 13.2. The Balaban J connectivity index is 2.47. The number of hydrogen-bond acceptors (Lipinski definition) is 8. The van der Waals surface area contributed by atoms with E-state index in [1.54, 1.807) is 6.92 Å². The van der Waals surface area contributed by atoms with E-state index in [4.69, 9.17) is 15.0 Å². The molecule has 0 saturated heterocycles. The number of carboxylic acid groups (broad SMARTS) is 1. The van der Waals surface area contributed by atoms with Crippen LogP contribution in [-0.2, 0) is 19.1 Å². The monoisotopic (exact) mass is 503 g/mol. The average Bonchev–Trinajstić information content (AvgIpc) is 2.77. The molecule has 1 aliphatic rings. The highest BCUT2D eigenvalue weighted by Crippen LogP contribution is 2.40. The summed E-state index contributed by atoms with van der Waals surface area (Å²) in [6, 6.07) is 6.15. The standard InChI is InChI=1S/C22H29N5O7Si/c1-14-18(22(30)34-11-12-35(2,3)4)19(15-5-7-16(8-6-15)27(31)32)20(21(28)29)17(25-14)13-33-10-9-24-26-23/h5-8,18-19H,9-13H2,1-4H3,(H,28,29). The molecule has 0 bridgehead atoms. The Hall–Kier alpha value is -3.54. The summed E-state index contributed by atoms with van der Waals surface area (Å²) in [5.74, 6) is -3.90. The average molecular weight is 504 g/mol. The Morgan fingerprint density at radius 1 is 1.26 bits per heavy atom. The summed E-state index contributed by atoms with van der Waals surface area (Å²) in [5.41, 5.74) is 8.93. The molecule has 1 heterocycles. The first-order valence-corrected chi connectivity index (χ1v) is 14.7. The number of aliphatic imine (C=N–C) groups is 1. The number of nitro benzene ring substituents is 1. The third-order valence-electron chi connectivity index (χ3n) is 5.40. The highest BCUT2D eigenvalue weighted by atomic mass is 28.3. The van der Waals surface area contributed by atoms with Crippen LogP contribution in [0.5, 0.6) is 0 Å². The number of ether oxygens (including phenoxy) is 2. The maximum absolute atomic E-state index is 13.2. The number of benzene rings is 1. The topological polar surface area (TPSA) is 177 Å². The van der Waals surface area contributed by atoms with Crippen LogP contribution in [0.4, 0.5) is 5.69 Å². The fourth-order valence-electron chi connectivity index (χ4n) is 3.63. The zero-order valence-electron chi connectivity index (χ0n) is 20.1. The molecular formula is C22H29N5O7Si. The van der Waals surface area contributed by atoms with Gasteiger partial charge in [-0.25, -0.2) is 4.79 Å². The molecule has 0 amide bonds. The number of carbonyl (C=O) groups is 2. The van der Waals surface area contributed by atoms with Crippen LogP contribution in [0.25, 0.3) is 10.4 Å². The Morgan fingerprint density at radius 3 is 2.46 bits per heavy atom. The van der Waals surface area contributed by atoms with Crippen molar-refractivity contribution in [1.82, 2.24) is 0 Å². The fourth-order valence-corrected chi connectivity index (χ4v) is 4.35. The van der Waals surface area contributed by atoms with Gasteiger partial charge < -0.3 is 14.6 Å². The van der Waals surface area contributed by atoms with E-state index in [0.717, 1.165) is 6.04 Å². The fraction of sp³-hybridized carbons (Fsp3) is 0.500. The van der Waals surface area contributed by atoms with Crippen LogP contribution in [-0.4, -0.2) is 62.1 Å². The summed E-state index contributed by atoms with van der Waals surface area (Å²) < 4.78 is 11.0. The van der Waals surface area contributed by atoms with Crippen molar-refractivity contribution in [3.63, 3.8) is 0 Å². The lowest BCUT2D eigenvalue weighted by atomic mass is 9.75. The molecule has 12 nitrogen and oxygen atoms in total. The SMILES string of the molecule is CC1=NC(COCCN=[N+]=[N-])=C(C(=O)O)C(c2ccc([N+](=O)[O-])cc2)C1C(=O)OCC[Si](C)(C)C. The zero-order valence-corrected chi connectivity index (χ0v) is 21.1. The van der Waals surface area contributed by atoms with Crippen LogP contribution in [0.2, 0.25) is 25.7 Å². The molecule has 1 N–H and O–H groups in total. The van der Waals surface area contributed by atoms with Crippen LogP contribution in [0.3, 0.4) is 0 Å². The molecule has 2 unspecified atom stereocenters. The highest BCUT2D eigenvalue weighted by molar-refractivity contribution is 6.76. The molecule has 2 rings (SSSR count). The van der Waals surface area contributed by atoms with E-state index >= 15 is 0 Å². The van der Waals surface area contributed by atoms with E-state index in [0.29, 0.717) is 11.3 Å². The van der Waals surface area contributed by atoms with Crippen molar-refractivity contribution < 1.29 is 29.1 Å². The Morgan fingerprint density at radius 2 is 1.91 bits per heavy atom. The molecule has 1 aliphatic heterocycles. The molecule has 0 fully saturated rings. The molecule has 0 spiro atoms. The third-order valence-corrected chi connectivity index (χ3v) is 7.10. The second-order valence-electron chi connectivity index (χ2n) is 9.21. The van der Waals surface area contributed by atoms with Gasteiger partial charge in [0.25, 0.3) is 5.69 Å². The van der Waals surface area contributed by atoms with E-state index in [-0.39, 0.29) is 43.3 Å². The number of hydrogen-bond donors (Lipinski definition) is 1. The molecule has 0 aliphatic carbocycles. The van der Waals surface area contributed by atoms with Gasteiger partial charge in [-0.3, -0.25) is 19.9 Å². The number of azide groups is 1. The first-order chi connectivity index (χ1) is 16.5. The molecule has 1 aromatic carbocycles. The van der Waals surface area contributed by atoms with Gasteiger partial charge in [-0.15, -0.1) is 0 Å². The number of rotatable bonds is 12. The molecule has 13 heteroatoms. The Bertz CT molecular complexity index is 1070. The van der Waals surface area contributed by atoms with E-state index < -0.39 is 36.8 Å². The Kier molecular flexibility index (Phi) is 9.69. The smallest absolute Gasteiger partial charge is 0.334 e. The van der Waals surface area contributed by atoms with Gasteiger partial charge in [0, 0.05) is 43.3 Å². The summed E-state index contributed by atoms with van der Waals surface area (Å²) in [5, 5.41) is 24.5. The van der Waals surface area contributed by atoms with E-state index in [1.807, 2.05) is 0 Å². The van der Waals surface area contributed by atoms with Crippen LogP contribution in [0.15, 0.2) is 45.6 Å². The van der Waals surface area contributed by atoms with E-state index in [1.165, 1.54) is 24.3 Å². The first kappa shape index (κ1) is 27.7. The largest absolute Gasteiger partial charge is 0.478 e. The number of non-ortho nitro benzene ring substituents is 1. The van der Waals surface area contributed by atoms with Gasteiger partial charge in [0.2, 0.25) is 0 Å². The number of nitro groups is 1. The summed E-state index contributed by atoms with van der Waals surface area (Å²) in [6.45, 7) is 8.20. The van der Waals surface area contributed by atoms with Gasteiger partial charge in [-0.05, 0) is 24.1 Å². The van der Waals surface area contributed by atoms with E-state index in [9.17, 15) is 24.8 Å². The number of nitrogens with zero attached hydrogens (tertiary/aromatic N) is 5. The van der Waals surface area contributed by atoms with Crippen molar-refractivity contribution in [2.75, 3.05) is 26.4 Å². The molecule has 2 atom stereocenters. The van der Waals surface area contributed by atoms with Crippen LogP contribution >= 0.6 is 0 Å². The normalized spacial score (nSPS) is 17.9. The highest BCUT2D eigenvalue weighted by Gasteiger charge is 2.43. The van der Waals surface area contributed by atoms with Gasteiger partial charge in [0.15, 0.2) is 0 Å². The van der Waals surface area contributed by atoms with Gasteiger partial charge >= 0.3 is 11.9 Å². The molecule has 0 radical (unpaired) electrons. The van der Waals surface area contributed by atoms with E-state index in [2.05, 4.69) is 34.7 Å². The predicted molar refractivity (Wildman–Crippen MR) is 131 cm³/mol. The quantitative estimate of drug-likeness (QED) is 0.0645. The molecule has 1 aromatic rings. The van der Waals surface area contributed by atoms with Crippen molar-refractivity contribution in [3.05, 3.63) is 61.7 Å². The van der Waals surface area contributed by atoms with Crippen LogP contribution < -0.4 is 0 Å². The number of esters is 1. The molecule has 188 valence electrons. The van der Waals surface area contributed by atoms with Crippen molar-refractivity contribution in [1.29, 1.82) is 0 Å². The zero-order chi connectivity index (χ0) is 26.2. The Labute approximate surface area is 203 Å². The van der Waals surface area contributed by atoms with Crippen molar-refractivity contribution >= 4 is 31.4 Å². The number of carbonyl (C=O) groups excluding carboxylic acids is 1. The number of carboxylic acids is 1. The van der Waals surface area contributed by atoms with Crippen LogP contribution in [0.1, 0.15) is 18.4 Å². The minimum absolute atomic E-state index is 0.0549. The lowest BCUT2D eigenvalue weighted by Crippen LogP contribution is -2.37. The van der Waals surface area contributed by atoms with Crippen molar-refractivity contribution in [3.8, 4) is 0 Å². The van der Waals surface area contributed by atoms with Crippen molar-refractivity contribution in [2.45, 2.75) is 38.5 Å². The second-order valence-corrected chi connectivity index (χ2v) is 14.8. The third kappa shape index (κ3) is 7.74. The summed E-state index contributed by atoms with van der Waals surface area (Å²) in [6.07, 6.45) is 0. The molecule has 35 heavy (non-hydrogen) atoms. The molecule has 0 aromatic heterocycles. The lowest BCUT2D eigenvalue weighted by Gasteiger charge is -2.31. The lowest BCUT2D eigenvalue weighted by molar-refractivity contribution is -0.384. The van der Waals surface area contributed by atoms with Crippen LogP contribution in [0, 0.1) is 16.0 Å². The second kappa shape index (κ2) is 12.2. The summed E-state index contributed by atoms with van der Waals surface area (Å²) in [7, 11) is -1.48. The summed E-state index contributed by atoms with van der Waals surface area (Å²) >= 11 is 0. The van der Waals surface area contributed by atoms with Gasteiger partial charge in [0.05, 0.1) is 36.0 Å². The van der Waals surface area contributed by atoms with Gasteiger partial charge in [0.1, 0.15) is 5.92 Å². The molecular weight excluding hydrogens is 474 g/mol. The maximum Gasteiger partial charge on any atom is 0.334 e. The first-order valence-electron chi connectivity index (χ1n) is 11.0. The number of aliphatic carboxylic acids is 1. The predicted octanol–water partition coefficient (Wildman–Crippen LogP) is 4.32.